The molecule has 3 rings (SSSR count). The highest BCUT2D eigenvalue weighted by atomic mass is 79.9. The second-order valence-electron chi connectivity index (χ2n) is 5.52. The monoisotopic (exact) mass is 375 g/mol. The molecule has 1 N–H and O–H groups in total. The van der Waals surface area contributed by atoms with Crippen LogP contribution >= 0.6 is 15.9 Å². The molecule has 0 saturated carbocycles. The average Bonchev–Trinajstić information content (AvgIpc) is 2.57. The molecular formula is C17H18BrN3O2. The van der Waals surface area contributed by atoms with Crippen molar-refractivity contribution in [1.82, 2.24) is 15.2 Å². The minimum Gasteiger partial charge on any atom is -0.438 e. The highest BCUT2D eigenvalue weighted by Crippen LogP contribution is 2.25. The maximum Gasteiger partial charge on any atom is 0.259 e. The fourth-order valence-corrected chi connectivity index (χ4v) is 2.80. The Kier molecular flexibility index (Phi) is 4.93. The number of carbonyl (C=O) groups excluding carboxylic acids is 1. The number of nitrogens with one attached hydrogen (secondary N) is 1. The van der Waals surface area contributed by atoms with Crippen LogP contribution in [0.15, 0.2) is 47.1 Å². The van der Waals surface area contributed by atoms with E-state index >= 15 is 0 Å². The van der Waals surface area contributed by atoms with Crippen LogP contribution in [0, 0.1) is 0 Å². The zero-order valence-electron chi connectivity index (χ0n) is 12.8. The maximum atomic E-state index is 12.8. The van der Waals surface area contributed by atoms with Crippen LogP contribution in [0.25, 0.3) is 0 Å². The van der Waals surface area contributed by atoms with Gasteiger partial charge in [-0.3, -0.25) is 4.79 Å². The third-order valence-electron chi connectivity index (χ3n) is 3.69. The Labute approximate surface area is 143 Å². The van der Waals surface area contributed by atoms with Gasteiger partial charge in [-0.1, -0.05) is 15.9 Å². The lowest BCUT2D eigenvalue weighted by Crippen LogP contribution is -2.51. The van der Waals surface area contributed by atoms with Gasteiger partial charge in [-0.25, -0.2) is 4.98 Å². The van der Waals surface area contributed by atoms with Crippen LogP contribution in [-0.4, -0.2) is 41.5 Å². The number of nitrogens with zero attached hydrogens (tertiary/aromatic N) is 2. The normalized spacial score (nSPS) is 17.8. The average molecular weight is 376 g/mol. The molecule has 23 heavy (non-hydrogen) atoms. The standard InChI is InChI=1S/C17H18BrN3O2/c1-12-11-21(10-9-19-12)17(22)15-3-2-8-20-16(15)23-14-6-4-13(18)5-7-14/h2-8,12,19H,9-11H2,1H3. The Morgan fingerprint density at radius 3 is 2.87 bits per heavy atom. The van der Waals surface area contributed by atoms with Crippen molar-refractivity contribution in [3.05, 3.63) is 52.6 Å². The number of hydrogen-bond donors (Lipinski definition) is 1. The molecule has 120 valence electrons. The molecule has 1 amide bonds. The summed E-state index contributed by atoms with van der Waals surface area (Å²) in [6.45, 7) is 4.25. The number of aromatic nitrogens is 1. The van der Waals surface area contributed by atoms with Crippen molar-refractivity contribution >= 4 is 21.8 Å². The highest BCUT2D eigenvalue weighted by Gasteiger charge is 2.24. The molecule has 0 bridgehead atoms. The lowest BCUT2D eigenvalue weighted by atomic mass is 10.2. The van der Waals surface area contributed by atoms with E-state index in [2.05, 4.69) is 33.2 Å². The van der Waals surface area contributed by atoms with Crippen LogP contribution in [0.3, 0.4) is 0 Å². The predicted octanol–water partition coefficient (Wildman–Crippen LogP) is 3.07. The van der Waals surface area contributed by atoms with Gasteiger partial charge >= 0.3 is 0 Å². The van der Waals surface area contributed by atoms with Crippen LogP contribution in [-0.2, 0) is 0 Å². The lowest BCUT2D eigenvalue weighted by Gasteiger charge is -2.32. The molecule has 0 spiro atoms. The lowest BCUT2D eigenvalue weighted by molar-refractivity contribution is 0.0705. The largest absolute Gasteiger partial charge is 0.438 e. The summed E-state index contributed by atoms with van der Waals surface area (Å²) < 4.78 is 6.78. The third-order valence-corrected chi connectivity index (χ3v) is 4.21. The smallest absolute Gasteiger partial charge is 0.259 e. The van der Waals surface area contributed by atoms with Crippen molar-refractivity contribution in [3.63, 3.8) is 0 Å². The minimum atomic E-state index is -0.0430. The topological polar surface area (TPSA) is 54.5 Å². The van der Waals surface area contributed by atoms with Gasteiger partial charge in [0.25, 0.3) is 5.91 Å². The van der Waals surface area contributed by atoms with E-state index in [0.29, 0.717) is 36.3 Å². The number of amides is 1. The first kappa shape index (κ1) is 16.0. The van der Waals surface area contributed by atoms with E-state index in [1.165, 1.54) is 0 Å². The molecule has 0 aliphatic carbocycles. The Morgan fingerprint density at radius 2 is 2.13 bits per heavy atom. The number of halogens is 1. The Bertz CT molecular complexity index is 690. The van der Waals surface area contributed by atoms with Crippen molar-refractivity contribution in [2.45, 2.75) is 13.0 Å². The number of piperazine rings is 1. The van der Waals surface area contributed by atoms with E-state index in [1.54, 1.807) is 18.3 Å². The molecule has 2 aromatic rings. The Hall–Kier alpha value is -1.92. The van der Waals surface area contributed by atoms with E-state index in [9.17, 15) is 4.79 Å². The number of carbonyl (C=O) groups is 1. The fraction of sp³-hybridized carbons (Fsp3) is 0.294. The Balaban J connectivity index is 1.82. The molecule has 6 heteroatoms. The molecular weight excluding hydrogens is 358 g/mol. The summed E-state index contributed by atoms with van der Waals surface area (Å²) in [5.74, 6) is 0.944. The number of rotatable bonds is 3. The van der Waals surface area contributed by atoms with Crippen LogP contribution < -0.4 is 10.1 Å². The summed E-state index contributed by atoms with van der Waals surface area (Å²) in [5, 5.41) is 3.33. The zero-order chi connectivity index (χ0) is 16.2. The number of pyridine rings is 1. The first-order valence-corrected chi connectivity index (χ1v) is 8.34. The summed E-state index contributed by atoms with van der Waals surface area (Å²) >= 11 is 3.39. The van der Waals surface area contributed by atoms with Gasteiger partial charge in [-0.05, 0) is 43.3 Å². The summed E-state index contributed by atoms with van der Waals surface area (Å²) in [5.41, 5.74) is 0.490. The van der Waals surface area contributed by atoms with Crippen LogP contribution in [0.4, 0.5) is 0 Å². The first-order chi connectivity index (χ1) is 11.1. The SMILES string of the molecule is CC1CN(C(=O)c2cccnc2Oc2ccc(Br)cc2)CCN1. The van der Waals surface area contributed by atoms with Crippen molar-refractivity contribution in [3.8, 4) is 11.6 Å². The third kappa shape index (κ3) is 3.89. The molecule has 1 aromatic heterocycles. The summed E-state index contributed by atoms with van der Waals surface area (Å²) in [6, 6.07) is 11.2. The fourth-order valence-electron chi connectivity index (χ4n) is 2.54. The molecule has 5 nitrogen and oxygen atoms in total. The van der Waals surface area contributed by atoms with E-state index in [-0.39, 0.29) is 5.91 Å². The van der Waals surface area contributed by atoms with Crippen molar-refractivity contribution in [2.75, 3.05) is 19.6 Å². The van der Waals surface area contributed by atoms with E-state index < -0.39 is 0 Å². The van der Waals surface area contributed by atoms with Gasteiger partial charge < -0.3 is 15.0 Å². The molecule has 0 radical (unpaired) electrons. The number of ether oxygens (including phenoxy) is 1. The molecule has 2 heterocycles. The number of benzene rings is 1. The molecule has 1 fully saturated rings. The van der Waals surface area contributed by atoms with Crippen LogP contribution in [0.1, 0.15) is 17.3 Å². The van der Waals surface area contributed by atoms with Gasteiger partial charge in [0.05, 0.1) is 0 Å². The molecule has 1 saturated heterocycles. The second-order valence-corrected chi connectivity index (χ2v) is 6.43. The van der Waals surface area contributed by atoms with Crippen LogP contribution in [0.2, 0.25) is 0 Å². The predicted molar refractivity (Wildman–Crippen MR) is 91.8 cm³/mol. The quantitative estimate of drug-likeness (QED) is 0.895. The van der Waals surface area contributed by atoms with Gasteiger partial charge in [0.15, 0.2) is 0 Å². The number of hydrogen-bond acceptors (Lipinski definition) is 4. The van der Waals surface area contributed by atoms with E-state index in [1.807, 2.05) is 29.2 Å². The first-order valence-electron chi connectivity index (χ1n) is 7.54. The maximum absolute atomic E-state index is 12.8. The van der Waals surface area contributed by atoms with E-state index in [0.717, 1.165) is 11.0 Å². The molecule has 1 unspecified atom stereocenters. The molecule has 1 atom stereocenters. The van der Waals surface area contributed by atoms with Gasteiger partial charge in [-0.2, -0.15) is 0 Å². The highest BCUT2D eigenvalue weighted by molar-refractivity contribution is 9.10. The molecule has 1 aromatic carbocycles. The molecule has 1 aliphatic rings. The van der Waals surface area contributed by atoms with Gasteiger partial charge in [-0.15, -0.1) is 0 Å². The summed E-state index contributed by atoms with van der Waals surface area (Å²) in [6.07, 6.45) is 1.63. The van der Waals surface area contributed by atoms with Gasteiger partial charge in [0.1, 0.15) is 11.3 Å². The summed E-state index contributed by atoms with van der Waals surface area (Å²) in [7, 11) is 0. The summed E-state index contributed by atoms with van der Waals surface area (Å²) in [4.78, 5) is 18.9. The van der Waals surface area contributed by atoms with E-state index in [4.69, 9.17) is 4.74 Å². The van der Waals surface area contributed by atoms with Crippen molar-refractivity contribution in [1.29, 1.82) is 0 Å². The van der Waals surface area contributed by atoms with Gasteiger partial charge in [0, 0.05) is 36.3 Å². The van der Waals surface area contributed by atoms with Crippen LogP contribution in [0.5, 0.6) is 11.6 Å². The molecule has 1 aliphatic heterocycles. The van der Waals surface area contributed by atoms with Crippen molar-refractivity contribution < 1.29 is 9.53 Å². The minimum absolute atomic E-state index is 0.0430. The van der Waals surface area contributed by atoms with Crippen molar-refractivity contribution in [2.24, 2.45) is 0 Å². The van der Waals surface area contributed by atoms with Gasteiger partial charge in [0.2, 0.25) is 5.88 Å². The second kappa shape index (κ2) is 7.10. The zero-order valence-corrected chi connectivity index (χ0v) is 14.4. The Morgan fingerprint density at radius 1 is 1.35 bits per heavy atom.